The van der Waals surface area contributed by atoms with E-state index in [0.29, 0.717) is 12.3 Å². The van der Waals surface area contributed by atoms with Gasteiger partial charge in [-0.2, -0.15) is 0 Å². The zero-order valence-electron chi connectivity index (χ0n) is 7.06. The Morgan fingerprint density at radius 3 is 2.45 bits per heavy atom. The van der Waals surface area contributed by atoms with Crippen molar-refractivity contribution in [1.82, 2.24) is 4.84 Å². The summed E-state index contributed by atoms with van der Waals surface area (Å²) in [5.41, 5.74) is 0. The lowest BCUT2D eigenvalue weighted by Crippen LogP contribution is -2.33. The number of ether oxygens (including phenoxy) is 1. The Hall–Kier alpha value is -0.280. The van der Waals surface area contributed by atoms with Crippen LogP contribution < -0.4 is 4.84 Å². The Balaban J connectivity index is 3.84. The molecule has 0 bridgehead atoms. The number of rotatable bonds is 4. The number of methoxy groups -OCH3 is 1. The van der Waals surface area contributed by atoms with Crippen molar-refractivity contribution in [3.63, 3.8) is 0 Å². The molecule has 3 nitrogen and oxygen atoms in total. The van der Waals surface area contributed by atoms with Crippen molar-refractivity contribution in [2.24, 2.45) is 5.92 Å². The number of carbonyl (C=O) groups is 1. The maximum atomic E-state index is 10.9. The van der Waals surface area contributed by atoms with E-state index in [1.54, 1.807) is 0 Å². The number of hydrogen-bond donors (Lipinski definition) is 1. The van der Waals surface area contributed by atoms with Crippen molar-refractivity contribution < 1.29 is 9.53 Å². The number of carbonyl (C=O) groups excluding carboxylic acids is 1. The second kappa shape index (κ2) is 5.38. The highest BCUT2D eigenvalue weighted by atomic mass is 35.5. The van der Waals surface area contributed by atoms with Gasteiger partial charge in [-0.1, -0.05) is 13.8 Å². The third kappa shape index (κ3) is 4.22. The molecule has 0 aliphatic heterocycles. The molecule has 0 radical (unpaired) electrons. The van der Waals surface area contributed by atoms with Crippen LogP contribution in [-0.2, 0) is 9.53 Å². The van der Waals surface area contributed by atoms with Crippen molar-refractivity contribution in [2.75, 3.05) is 7.11 Å². The lowest BCUT2D eigenvalue weighted by Gasteiger charge is -2.13. The number of halogens is 1. The van der Waals surface area contributed by atoms with Crippen LogP contribution in [-0.4, -0.2) is 19.1 Å². The molecule has 1 atom stereocenters. The maximum absolute atomic E-state index is 10.9. The molecule has 0 aliphatic rings. The molecule has 0 saturated carbocycles. The first-order valence-corrected chi connectivity index (χ1v) is 3.93. The highest BCUT2D eigenvalue weighted by Gasteiger charge is 2.18. The molecule has 11 heavy (non-hydrogen) atoms. The molecule has 0 aliphatic carbocycles. The predicted molar refractivity (Wildman–Crippen MR) is 44.2 cm³/mol. The van der Waals surface area contributed by atoms with Crippen LogP contribution in [0.5, 0.6) is 0 Å². The van der Waals surface area contributed by atoms with Gasteiger partial charge in [-0.15, -0.1) is 0 Å². The van der Waals surface area contributed by atoms with Crippen molar-refractivity contribution in [3.05, 3.63) is 0 Å². The van der Waals surface area contributed by atoms with Gasteiger partial charge in [0.15, 0.2) is 0 Å². The molecule has 66 valence electrons. The molecule has 0 unspecified atom stereocenters. The first-order chi connectivity index (χ1) is 5.11. The standard InChI is InChI=1S/C7H14ClNO2/c1-5(2)4-6(9-8)7(10)11-3/h5-6,9H,4H2,1-3H3/t6-/m0/s1. The fourth-order valence-electron chi connectivity index (χ4n) is 0.799. The van der Waals surface area contributed by atoms with E-state index in [4.69, 9.17) is 11.8 Å². The van der Waals surface area contributed by atoms with E-state index >= 15 is 0 Å². The smallest absolute Gasteiger partial charge is 0.324 e. The second-order valence-electron chi connectivity index (χ2n) is 2.81. The number of nitrogens with one attached hydrogen (secondary N) is 1. The van der Waals surface area contributed by atoms with E-state index in [1.807, 2.05) is 13.8 Å². The summed E-state index contributed by atoms with van der Waals surface area (Å²) in [6, 6.07) is -0.387. The SMILES string of the molecule is COC(=O)[C@H](CC(C)C)NCl. The molecule has 0 aromatic rings. The van der Waals surface area contributed by atoms with Gasteiger partial charge in [-0.3, -0.25) is 4.79 Å². The van der Waals surface area contributed by atoms with Gasteiger partial charge in [-0.05, 0) is 24.1 Å². The van der Waals surface area contributed by atoms with Gasteiger partial charge in [-0.25, -0.2) is 4.84 Å². The van der Waals surface area contributed by atoms with E-state index in [2.05, 4.69) is 9.57 Å². The zero-order chi connectivity index (χ0) is 8.85. The van der Waals surface area contributed by atoms with Crippen molar-refractivity contribution in [2.45, 2.75) is 26.3 Å². The van der Waals surface area contributed by atoms with Gasteiger partial charge in [0.25, 0.3) is 0 Å². The molecule has 0 saturated heterocycles. The first-order valence-electron chi connectivity index (χ1n) is 3.55. The Morgan fingerprint density at radius 2 is 2.18 bits per heavy atom. The third-order valence-corrected chi connectivity index (χ3v) is 1.59. The van der Waals surface area contributed by atoms with E-state index in [-0.39, 0.29) is 12.0 Å². The minimum Gasteiger partial charge on any atom is -0.468 e. The minimum absolute atomic E-state index is 0.311. The summed E-state index contributed by atoms with van der Waals surface area (Å²) in [4.78, 5) is 13.3. The maximum Gasteiger partial charge on any atom is 0.324 e. The number of esters is 1. The van der Waals surface area contributed by atoms with Crippen LogP contribution in [0, 0.1) is 5.92 Å². The Labute approximate surface area is 72.2 Å². The summed E-state index contributed by atoms with van der Waals surface area (Å²) in [5.74, 6) is 0.110. The highest BCUT2D eigenvalue weighted by Crippen LogP contribution is 2.06. The normalized spacial score (nSPS) is 13.2. The van der Waals surface area contributed by atoms with E-state index in [1.165, 1.54) is 7.11 Å². The predicted octanol–water partition coefficient (Wildman–Crippen LogP) is 1.32. The topological polar surface area (TPSA) is 38.3 Å². The van der Waals surface area contributed by atoms with Gasteiger partial charge >= 0.3 is 5.97 Å². The molecule has 0 amide bonds. The highest BCUT2D eigenvalue weighted by molar-refractivity contribution is 6.14. The molecule has 1 N–H and O–H groups in total. The van der Waals surface area contributed by atoms with Crippen LogP contribution in [0.25, 0.3) is 0 Å². The van der Waals surface area contributed by atoms with Crippen molar-refractivity contribution in [3.8, 4) is 0 Å². The summed E-state index contributed by atoms with van der Waals surface area (Å²) in [7, 11) is 1.35. The van der Waals surface area contributed by atoms with Crippen LogP contribution in [0.2, 0.25) is 0 Å². The summed E-state index contributed by atoms with van der Waals surface area (Å²) in [6.45, 7) is 4.04. The van der Waals surface area contributed by atoms with Gasteiger partial charge in [0.1, 0.15) is 6.04 Å². The molecular weight excluding hydrogens is 166 g/mol. The fraction of sp³-hybridized carbons (Fsp3) is 0.857. The largest absolute Gasteiger partial charge is 0.468 e. The van der Waals surface area contributed by atoms with Gasteiger partial charge in [0.2, 0.25) is 0 Å². The van der Waals surface area contributed by atoms with Crippen molar-refractivity contribution in [1.29, 1.82) is 0 Å². The first kappa shape index (κ1) is 10.7. The molecule has 0 heterocycles. The van der Waals surface area contributed by atoms with E-state index in [0.717, 1.165) is 0 Å². The summed E-state index contributed by atoms with van der Waals surface area (Å²) >= 11 is 5.33. The zero-order valence-corrected chi connectivity index (χ0v) is 7.81. The van der Waals surface area contributed by atoms with Gasteiger partial charge in [0, 0.05) is 0 Å². The average molecular weight is 180 g/mol. The monoisotopic (exact) mass is 179 g/mol. The van der Waals surface area contributed by atoms with Gasteiger partial charge in [0.05, 0.1) is 7.11 Å². The van der Waals surface area contributed by atoms with E-state index in [9.17, 15) is 4.79 Å². The molecular formula is C7H14ClNO2. The Morgan fingerprint density at radius 1 is 1.64 bits per heavy atom. The van der Waals surface area contributed by atoms with Crippen LogP contribution >= 0.6 is 11.8 Å². The Kier molecular flexibility index (Phi) is 5.24. The summed E-state index contributed by atoms with van der Waals surface area (Å²) in [6.07, 6.45) is 0.691. The molecule has 0 rings (SSSR count). The molecule has 4 heteroatoms. The lowest BCUT2D eigenvalue weighted by molar-refractivity contribution is -0.143. The van der Waals surface area contributed by atoms with Crippen molar-refractivity contribution >= 4 is 17.7 Å². The molecule has 0 aromatic carbocycles. The quantitative estimate of drug-likeness (QED) is 0.523. The Bertz CT molecular complexity index is 128. The minimum atomic E-state index is -0.387. The van der Waals surface area contributed by atoms with Crippen LogP contribution in [0.15, 0.2) is 0 Å². The molecule has 0 aromatic heterocycles. The second-order valence-corrected chi connectivity index (χ2v) is 3.03. The van der Waals surface area contributed by atoms with Crippen LogP contribution in [0.1, 0.15) is 20.3 Å². The van der Waals surface area contributed by atoms with E-state index < -0.39 is 0 Å². The third-order valence-electron chi connectivity index (χ3n) is 1.32. The van der Waals surface area contributed by atoms with Gasteiger partial charge < -0.3 is 4.74 Å². The lowest BCUT2D eigenvalue weighted by atomic mass is 10.1. The van der Waals surface area contributed by atoms with Crippen LogP contribution in [0.4, 0.5) is 0 Å². The molecule has 0 spiro atoms. The number of hydrogen-bond acceptors (Lipinski definition) is 3. The molecule has 0 fully saturated rings. The summed E-state index contributed by atoms with van der Waals surface area (Å²) < 4.78 is 4.52. The van der Waals surface area contributed by atoms with Crippen LogP contribution in [0.3, 0.4) is 0 Å². The fourth-order valence-corrected chi connectivity index (χ4v) is 0.977. The average Bonchev–Trinajstić information content (AvgIpc) is 1.98. The summed E-state index contributed by atoms with van der Waals surface area (Å²) in [5, 5.41) is 0.